The zero-order valence-electron chi connectivity index (χ0n) is 13.1. The average Bonchev–Trinajstić information content (AvgIpc) is 2.23. The van der Waals surface area contributed by atoms with E-state index in [1.165, 1.54) is 25.7 Å². The summed E-state index contributed by atoms with van der Waals surface area (Å²) < 4.78 is 0. The first-order valence-electron chi connectivity index (χ1n) is 7.45. The molecule has 2 nitrogen and oxygen atoms in total. The molecule has 1 rings (SSSR count). The standard InChI is InChI=1S/C16H32N2/c1-7-9-10-17-14-12-15(3,4)18(11-8-2)16(5,6)13-14/h8,14,17H,2,7,9-13H2,1,3-6H3. The zero-order chi connectivity index (χ0) is 13.8. The number of piperidine rings is 1. The lowest BCUT2D eigenvalue weighted by atomic mass is 9.77. The number of hydrogen-bond donors (Lipinski definition) is 1. The van der Waals surface area contributed by atoms with Crippen molar-refractivity contribution in [2.45, 2.75) is 77.4 Å². The molecule has 0 aromatic rings. The van der Waals surface area contributed by atoms with Gasteiger partial charge in [-0.25, -0.2) is 0 Å². The van der Waals surface area contributed by atoms with Crippen LogP contribution in [0, 0.1) is 0 Å². The highest BCUT2D eigenvalue weighted by atomic mass is 15.3. The number of rotatable bonds is 6. The topological polar surface area (TPSA) is 15.3 Å². The van der Waals surface area contributed by atoms with Gasteiger partial charge in [0.2, 0.25) is 0 Å². The molecule has 1 fully saturated rings. The van der Waals surface area contributed by atoms with Crippen molar-refractivity contribution in [3.8, 4) is 0 Å². The van der Waals surface area contributed by atoms with Gasteiger partial charge in [0, 0.05) is 23.7 Å². The minimum atomic E-state index is 0.250. The van der Waals surface area contributed by atoms with Crippen LogP contribution in [-0.4, -0.2) is 35.1 Å². The van der Waals surface area contributed by atoms with Crippen LogP contribution < -0.4 is 5.32 Å². The molecule has 2 heteroatoms. The van der Waals surface area contributed by atoms with E-state index >= 15 is 0 Å². The van der Waals surface area contributed by atoms with Crippen molar-refractivity contribution in [1.29, 1.82) is 0 Å². The van der Waals surface area contributed by atoms with Crippen molar-refractivity contribution in [3.05, 3.63) is 12.7 Å². The van der Waals surface area contributed by atoms with Crippen molar-refractivity contribution >= 4 is 0 Å². The summed E-state index contributed by atoms with van der Waals surface area (Å²) in [4.78, 5) is 2.60. The monoisotopic (exact) mass is 252 g/mol. The SMILES string of the molecule is C=CCN1C(C)(C)CC(NCCCC)CC1(C)C. The van der Waals surface area contributed by atoms with Gasteiger partial charge in [0.1, 0.15) is 0 Å². The van der Waals surface area contributed by atoms with E-state index in [0.29, 0.717) is 6.04 Å². The van der Waals surface area contributed by atoms with Gasteiger partial charge in [-0.05, 0) is 53.5 Å². The normalized spacial score (nSPS) is 24.1. The van der Waals surface area contributed by atoms with Crippen LogP contribution in [0.3, 0.4) is 0 Å². The molecule has 0 bridgehead atoms. The molecule has 0 aromatic heterocycles. The minimum Gasteiger partial charge on any atom is -0.314 e. The third-order valence-electron chi connectivity index (χ3n) is 4.23. The van der Waals surface area contributed by atoms with E-state index in [0.717, 1.165) is 13.1 Å². The highest BCUT2D eigenvalue weighted by Crippen LogP contribution is 2.38. The molecule has 0 atom stereocenters. The first kappa shape index (κ1) is 15.7. The van der Waals surface area contributed by atoms with E-state index in [1.54, 1.807) is 0 Å². The van der Waals surface area contributed by atoms with Gasteiger partial charge in [0.25, 0.3) is 0 Å². The Morgan fingerprint density at radius 2 is 1.78 bits per heavy atom. The molecular weight excluding hydrogens is 220 g/mol. The third-order valence-corrected chi connectivity index (χ3v) is 4.23. The van der Waals surface area contributed by atoms with Gasteiger partial charge in [0.15, 0.2) is 0 Å². The Balaban J connectivity index is 2.68. The second-order valence-corrected chi connectivity index (χ2v) is 6.94. The summed E-state index contributed by atoms with van der Waals surface area (Å²) in [6.45, 7) is 17.8. The van der Waals surface area contributed by atoms with Gasteiger partial charge in [0.05, 0.1) is 0 Å². The molecular formula is C16H32N2. The number of unbranched alkanes of at least 4 members (excludes halogenated alkanes) is 1. The zero-order valence-corrected chi connectivity index (χ0v) is 13.1. The van der Waals surface area contributed by atoms with Crippen LogP contribution in [-0.2, 0) is 0 Å². The fourth-order valence-corrected chi connectivity index (χ4v) is 3.57. The Morgan fingerprint density at radius 3 is 2.22 bits per heavy atom. The van der Waals surface area contributed by atoms with E-state index in [-0.39, 0.29) is 11.1 Å². The summed E-state index contributed by atoms with van der Waals surface area (Å²) in [5.41, 5.74) is 0.500. The summed E-state index contributed by atoms with van der Waals surface area (Å²) in [5.74, 6) is 0. The Kier molecular flexibility index (Phi) is 5.42. The quantitative estimate of drug-likeness (QED) is 0.574. The van der Waals surface area contributed by atoms with Gasteiger partial charge in [-0.3, -0.25) is 4.90 Å². The number of likely N-dealkylation sites (tertiary alicyclic amines) is 1. The fraction of sp³-hybridized carbons (Fsp3) is 0.875. The van der Waals surface area contributed by atoms with Crippen molar-refractivity contribution in [2.24, 2.45) is 0 Å². The second-order valence-electron chi connectivity index (χ2n) is 6.94. The van der Waals surface area contributed by atoms with Crippen LogP contribution in [0.2, 0.25) is 0 Å². The Morgan fingerprint density at radius 1 is 1.22 bits per heavy atom. The second kappa shape index (κ2) is 6.21. The van der Waals surface area contributed by atoms with Gasteiger partial charge >= 0.3 is 0 Å². The number of nitrogens with one attached hydrogen (secondary N) is 1. The maximum absolute atomic E-state index is 3.91. The summed E-state index contributed by atoms with van der Waals surface area (Å²) >= 11 is 0. The smallest absolute Gasteiger partial charge is 0.0176 e. The molecule has 0 saturated carbocycles. The van der Waals surface area contributed by atoms with Crippen molar-refractivity contribution in [3.63, 3.8) is 0 Å². The van der Waals surface area contributed by atoms with Crippen LogP contribution in [0.4, 0.5) is 0 Å². The van der Waals surface area contributed by atoms with Gasteiger partial charge < -0.3 is 5.32 Å². The lowest BCUT2D eigenvalue weighted by Crippen LogP contribution is -2.63. The summed E-state index contributed by atoms with van der Waals surface area (Å²) in [6.07, 6.45) is 7.05. The average molecular weight is 252 g/mol. The van der Waals surface area contributed by atoms with Crippen LogP contribution in [0.25, 0.3) is 0 Å². The summed E-state index contributed by atoms with van der Waals surface area (Å²) in [6, 6.07) is 0.655. The Bertz CT molecular complexity index is 250. The first-order valence-corrected chi connectivity index (χ1v) is 7.45. The van der Waals surface area contributed by atoms with E-state index in [4.69, 9.17) is 0 Å². The predicted molar refractivity (Wildman–Crippen MR) is 81.0 cm³/mol. The van der Waals surface area contributed by atoms with E-state index in [2.05, 4.69) is 51.4 Å². The van der Waals surface area contributed by atoms with Gasteiger partial charge in [-0.1, -0.05) is 19.4 Å². The molecule has 1 N–H and O–H groups in total. The third kappa shape index (κ3) is 3.83. The van der Waals surface area contributed by atoms with E-state index in [1.807, 2.05) is 6.08 Å². The molecule has 0 amide bonds. The van der Waals surface area contributed by atoms with Crippen LogP contribution in [0.15, 0.2) is 12.7 Å². The van der Waals surface area contributed by atoms with Crippen LogP contribution in [0.5, 0.6) is 0 Å². The molecule has 0 radical (unpaired) electrons. The number of hydrogen-bond acceptors (Lipinski definition) is 2. The number of nitrogens with zero attached hydrogens (tertiary/aromatic N) is 1. The lowest BCUT2D eigenvalue weighted by Gasteiger charge is -2.55. The van der Waals surface area contributed by atoms with Crippen molar-refractivity contribution < 1.29 is 0 Å². The van der Waals surface area contributed by atoms with Crippen molar-refractivity contribution in [2.75, 3.05) is 13.1 Å². The van der Waals surface area contributed by atoms with Crippen LogP contribution in [0.1, 0.15) is 60.3 Å². The molecule has 0 aliphatic carbocycles. The largest absolute Gasteiger partial charge is 0.314 e. The molecule has 0 spiro atoms. The molecule has 18 heavy (non-hydrogen) atoms. The van der Waals surface area contributed by atoms with E-state index in [9.17, 15) is 0 Å². The highest BCUT2D eigenvalue weighted by molar-refractivity contribution is 5.03. The van der Waals surface area contributed by atoms with Crippen molar-refractivity contribution in [1.82, 2.24) is 10.2 Å². The highest BCUT2D eigenvalue weighted by Gasteiger charge is 2.44. The van der Waals surface area contributed by atoms with Crippen LogP contribution >= 0.6 is 0 Å². The molecule has 1 saturated heterocycles. The predicted octanol–water partition coefficient (Wildman–Crippen LogP) is 3.58. The lowest BCUT2D eigenvalue weighted by molar-refractivity contribution is -0.0310. The molecule has 1 aliphatic heterocycles. The molecule has 106 valence electrons. The first-order chi connectivity index (χ1) is 8.33. The molecule has 1 aliphatic rings. The summed E-state index contributed by atoms with van der Waals surface area (Å²) in [7, 11) is 0. The maximum Gasteiger partial charge on any atom is 0.0176 e. The fourth-order valence-electron chi connectivity index (χ4n) is 3.57. The maximum atomic E-state index is 3.91. The van der Waals surface area contributed by atoms with Gasteiger partial charge in [-0.2, -0.15) is 0 Å². The Labute approximate surface area is 114 Å². The summed E-state index contributed by atoms with van der Waals surface area (Å²) in [5, 5.41) is 3.74. The van der Waals surface area contributed by atoms with E-state index < -0.39 is 0 Å². The van der Waals surface area contributed by atoms with Gasteiger partial charge in [-0.15, -0.1) is 6.58 Å². The Hall–Kier alpha value is -0.340. The molecule has 0 aromatic carbocycles. The minimum absolute atomic E-state index is 0.250. The molecule has 1 heterocycles. The molecule has 0 unspecified atom stereocenters.